The minimum absolute atomic E-state index is 0.0763. The Bertz CT molecular complexity index is 867. The van der Waals surface area contributed by atoms with E-state index in [4.69, 9.17) is 15.7 Å². The number of methoxy groups -OCH3 is 1. The van der Waals surface area contributed by atoms with Crippen LogP contribution in [0.15, 0.2) is 39.2 Å². The molecule has 0 unspecified atom stereocenters. The maximum absolute atomic E-state index is 12.4. The van der Waals surface area contributed by atoms with Gasteiger partial charge in [0.25, 0.3) is 5.56 Å². The number of ether oxygens (including phenoxy) is 1. The van der Waals surface area contributed by atoms with Crippen LogP contribution in [0.25, 0.3) is 0 Å². The summed E-state index contributed by atoms with van der Waals surface area (Å²) in [6.07, 6.45) is 1.72. The lowest BCUT2D eigenvalue weighted by Gasteiger charge is -2.10. The molecular formula is C15H15N5O2S. The summed E-state index contributed by atoms with van der Waals surface area (Å²) in [6, 6.07) is 9.12. The van der Waals surface area contributed by atoms with Crippen LogP contribution >= 0.6 is 11.8 Å². The van der Waals surface area contributed by atoms with E-state index in [9.17, 15) is 4.79 Å². The van der Waals surface area contributed by atoms with Gasteiger partial charge in [-0.25, -0.2) is 4.98 Å². The van der Waals surface area contributed by atoms with Crippen molar-refractivity contribution in [2.24, 2.45) is 5.10 Å². The highest BCUT2D eigenvalue weighted by Gasteiger charge is 2.15. The predicted octanol–water partition coefficient (Wildman–Crippen LogP) is 1.70. The van der Waals surface area contributed by atoms with Gasteiger partial charge in [0.05, 0.1) is 12.8 Å². The van der Waals surface area contributed by atoms with Gasteiger partial charge in [-0.3, -0.25) is 4.79 Å². The van der Waals surface area contributed by atoms with E-state index in [0.29, 0.717) is 17.0 Å². The predicted molar refractivity (Wildman–Crippen MR) is 90.0 cm³/mol. The number of aromatic nitrogens is 2. The molecule has 0 spiro atoms. The minimum Gasteiger partial charge on any atom is -0.496 e. The molecule has 0 aliphatic carbocycles. The molecule has 0 fully saturated rings. The van der Waals surface area contributed by atoms with Crippen molar-refractivity contribution in [3.63, 3.8) is 0 Å². The highest BCUT2D eigenvalue weighted by atomic mass is 32.2. The number of hydrogen-bond acceptors (Lipinski definition) is 7. The number of hydrogen-bond donors (Lipinski definition) is 1. The molecule has 1 aromatic heterocycles. The number of nitrogen functional groups attached to an aromatic ring is 1. The summed E-state index contributed by atoms with van der Waals surface area (Å²) < 4.78 is 6.21. The maximum atomic E-state index is 12.4. The Hall–Kier alpha value is -2.79. The second-order valence-corrected chi connectivity index (χ2v) is 5.26. The van der Waals surface area contributed by atoms with Crippen LogP contribution in [0.2, 0.25) is 0 Å². The molecule has 2 rings (SSSR count). The smallest absolute Gasteiger partial charge is 0.294 e. The third kappa shape index (κ3) is 3.19. The Labute approximate surface area is 137 Å². The molecule has 1 aromatic carbocycles. The summed E-state index contributed by atoms with van der Waals surface area (Å²) >= 11 is 1.18. The van der Waals surface area contributed by atoms with Gasteiger partial charge < -0.3 is 10.5 Å². The van der Waals surface area contributed by atoms with Gasteiger partial charge in [-0.15, -0.1) is 11.8 Å². The summed E-state index contributed by atoms with van der Waals surface area (Å²) in [4.78, 5) is 16.4. The molecule has 0 saturated heterocycles. The van der Waals surface area contributed by atoms with Gasteiger partial charge in [-0.1, -0.05) is 12.1 Å². The van der Waals surface area contributed by atoms with Crippen molar-refractivity contribution in [3.8, 4) is 11.8 Å². The lowest BCUT2D eigenvalue weighted by atomic mass is 10.1. The Balaban J connectivity index is 2.64. The lowest BCUT2D eigenvalue weighted by molar-refractivity contribution is 0.414. The molecule has 2 N–H and O–H groups in total. The summed E-state index contributed by atoms with van der Waals surface area (Å²) in [6.45, 7) is 1.72. The van der Waals surface area contributed by atoms with Crippen LogP contribution in [0, 0.1) is 11.3 Å². The summed E-state index contributed by atoms with van der Waals surface area (Å²) in [7, 11) is 1.55. The van der Waals surface area contributed by atoms with Crippen LogP contribution in [0.1, 0.15) is 18.1 Å². The largest absolute Gasteiger partial charge is 0.496 e. The minimum atomic E-state index is -0.599. The molecule has 0 aliphatic heterocycles. The van der Waals surface area contributed by atoms with Crippen molar-refractivity contribution < 1.29 is 4.74 Å². The van der Waals surface area contributed by atoms with Crippen LogP contribution in [-0.2, 0) is 0 Å². The van der Waals surface area contributed by atoms with E-state index in [-0.39, 0.29) is 16.5 Å². The molecule has 0 aliphatic rings. The first-order chi connectivity index (χ1) is 11.0. The topological polar surface area (TPSA) is 106 Å². The molecule has 23 heavy (non-hydrogen) atoms. The maximum Gasteiger partial charge on any atom is 0.294 e. The zero-order valence-electron chi connectivity index (χ0n) is 12.9. The first-order valence-corrected chi connectivity index (χ1v) is 7.81. The molecule has 8 heteroatoms. The summed E-state index contributed by atoms with van der Waals surface area (Å²) in [5.74, 6) is 0.544. The molecule has 7 nitrogen and oxygen atoms in total. The van der Waals surface area contributed by atoms with Crippen LogP contribution in [0.5, 0.6) is 5.75 Å². The average molecular weight is 329 g/mol. The van der Waals surface area contributed by atoms with Crippen LogP contribution < -0.4 is 16.0 Å². The Morgan fingerprint density at radius 3 is 2.78 bits per heavy atom. The Kier molecular flexibility index (Phi) is 5.03. The number of rotatable bonds is 4. The third-order valence-corrected chi connectivity index (χ3v) is 3.79. The molecule has 118 valence electrons. The van der Waals surface area contributed by atoms with Crippen molar-refractivity contribution in [1.82, 2.24) is 9.66 Å². The zero-order valence-corrected chi connectivity index (χ0v) is 13.7. The number of nitrogens with zero attached hydrogens (tertiary/aromatic N) is 4. The molecule has 1 heterocycles. The van der Waals surface area contributed by atoms with Crippen molar-refractivity contribution in [2.75, 3.05) is 19.1 Å². The van der Waals surface area contributed by atoms with Crippen LogP contribution in [0.4, 0.5) is 5.95 Å². The highest BCUT2D eigenvalue weighted by molar-refractivity contribution is 7.98. The van der Waals surface area contributed by atoms with Gasteiger partial charge in [-0.2, -0.15) is 15.0 Å². The average Bonchev–Trinajstić information content (AvgIpc) is 2.57. The molecule has 0 bridgehead atoms. The summed E-state index contributed by atoms with van der Waals surface area (Å²) in [5, 5.41) is 13.7. The van der Waals surface area contributed by atoms with Gasteiger partial charge >= 0.3 is 0 Å². The quantitative estimate of drug-likeness (QED) is 0.520. The third-order valence-electron chi connectivity index (χ3n) is 3.11. The molecule has 0 atom stereocenters. The van der Waals surface area contributed by atoms with Gasteiger partial charge in [0, 0.05) is 5.56 Å². The molecule has 0 radical (unpaired) electrons. The molecule has 2 aromatic rings. The number of para-hydroxylation sites is 1. The number of anilines is 1. The van der Waals surface area contributed by atoms with E-state index < -0.39 is 5.56 Å². The van der Waals surface area contributed by atoms with Crippen molar-refractivity contribution in [2.45, 2.75) is 11.9 Å². The standard InChI is InChI=1S/C15H15N5O2S/c1-9(10-6-4-5-7-12(10)22-2)19-20-14(21)11(8-16)13(23-3)18-15(20)17/h4-7H,1-3H3,(H2,17,18)/b19-9+. The Morgan fingerprint density at radius 1 is 1.48 bits per heavy atom. The fourth-order valence-electron chi connectivity index (χ4n) is 2.00. The van der Waals surface area contributed by atoms with Crippen LogP contribution in [-0.4, -0.2) is 28.7 Å². The normalized spacial score (nSPS) is 11.1. The fraction of sp³-hybridized carbons (Fsp3) is 0.200. The number of nitriles is 1. The lowest BCUT2D eigenvalue weighted by Crippen LogP contribution is -2.25. The zero-order chi connectivity index (χ0) is 17.0. The van der Waals surface area contributed by atoms with Crippen molar-refractivity contribution >= 4 is 23.4 Å². The second kappa shape index (κ2) is 6.98. The van der Waals surface area contributed by atoms with E-state index in [0.717, 1.165) is 4.68 Å². The molecule has 0 amide bonds. The van der Waals surface area contributed by atoms with Gasteiger partial charge in [0.15, 0.2) is 5.56 Å². The molecule has 0 saturated carbocycles. The van der Waals surface area contributed by atoms with E-state index in [2.05, 4.69) is 10.1 Å². The SMILES string of the molecule is COc1ccccc1/C(C)=N/n1c(N)nc(SC)c(C#N)c1=O. The highest BCUT2D eigenvalue weighted by Crippen LogP contribution is 2.19. The van der Waals surface area contributed by atoms with Crippen molar-refractivity contribution in [1.29, 1.82) is 5.26 Å². The molecular weight excluding hydrogens is 314 g/mol. The number of thioether (sulfide) groups is 1. The first-order valence-electron chi connectivity index (χ1n) is 6.59. The van der Waals surface area contributed by atoms with E-state index in [1.165, 1.54) is 11.8 Å². The second-order valence-electron chi connectivity index (χ2n) is 4.47. The van der Waals surface area contributed by atoms with Gasteiger partial charge in [-0.05, 0) is 25.3 Å². The first kappa shape index (κ1) is 16.6. The van der Waals surface area contributed by atoms with E-state index in [1.54, 1.807) is 26.4 Å². The van der Waals surface area contributed by atoms with Gasteiger partial charge in [0.2, 0.25) is 5.95 Å². The van der Waals surface area contributed by atoms with E-state index >= 15 is 0 Å². The van der Waals surface area contributed by atoms with Crippen molar-refractivity contribution in [3.05, 3.63) is 45.7 Å². The monoisotopic (exact) mass is 329 g/mol. The van der Waals surface area contributed by atoms with Gasteiger partial charge in [0.1, 0.15) is 16.8 Å². The van der Waals surface area contributed by atoms with Crippen LogP contribution in [0.3, 0.4) is 0 Å². The number of benzene rings is 1. The summed E-state index contributed by atoms with van der Waals surface area (Å²) in [5.41, 5.74) is 6.36. The Morgan fingerprint density at radius 2 is 2.17 bits per heavy atom. The van der Waals surface area contributed by atoms with E-state index in [1.807, 2.05) is 24.3 Å². The fourth-order valence-corrected chi connectivity index (χ4v) is 2.52. The number of nitrogens with two attached hydrogens (primary N) is 1.